The van der Waals surface area contributed by atoms with Crippen LogP contribution in [-0.2, 0) is 22.4 Å². The fourth-order valence-corrected chi connectivity index (χ4v) is 5.00. The van der Waals surface area contributed by atoms with E-state index in [0.29, 0.717) is 23.4 Å². The number of hydrogen-bond donors (Lipinski definition) is 3. The lowest BCUT2D eigenvalue weighted by molar-refractivity contribution is -0.147. The summed E-state index contributed by atoms with van der Waals surface area (Å²) in [5.41, 5.74) is 6.85. The standard InChI is InChI=1S/C16H20N2O4S/c17-13(19)12-10-6-3-7-11(10)23-15(12)18-14(20)8-4-1-2-5-9(8)16(21)22/h8-9H,1-7H2,(H2,17,19)(H,18,20)(H,21,22)/t8-,9-/m0/s1. The molecule has 3 rings (SSSR count). The van der Waals surface area contributed by atoms with E-state index in [1.54, 1.807) is 0 Å². The summed E-state index contributed by atoms with van der Waals surface area (Å²) in [6.07, 6.45) is 5.49. The largest absolute Gasteiger partial charge is 0.481 e. The van der Waals surface area contributed by atoms with E-state index in [2.05, 4.69) is 5.32 Å². The van der Waals surface area contributed by atoms with Crippen molar-refractivity contribution in [3.63, 3.8) is 0 Å². The van der Waals surface area contributed by atoms with Gasteiger partial charge in [0.15, 0.2) is 0 Å². The number of carbonyl (C=O) groups is 3. The van der Waals surface area contributed by atoms with Crippen LogP contribution in [0.15, 0.2) is 0 Å². The van der Waals surface area contributed by atoms with Gasteiger partial charge in [0.25, 0.3) is 5.91 Å². The Balaban J connectivity index is 1.83. The molecule has 0 unspecified atom stereocenters. The molecule has 0 saturated heterocycles. The molecule has 0 radical (unpaired) electrons. The lowest BCUT2D eigenvalue weighted by atomic mass is 9.79. The van der Waals surface area contributed by atoms with E-state index < -0.39 is 23.7 Å². The highest BCUT2D eigenvalue weighted by Crippen LogP contribution is 2.40. The van der Waals surface area contributed by atoms with E-state index in [4.69, 9.17) is 5.73 Å². The summed E-state index contributed by atoms with van der Waals surface area (Å²) in [5, 5.41) is 12.6. The molecule has 4 N–H and O–H groups in total. The van der Waals surface area contributed by atoms with Crippen LogP contribution in [0.2, 0.25) is 0 Å². The third kappa shape index (κ3) is 2.97. The van der Waals surface area contributed by atoms with E-state index in [9.17, 15) is 19.5 Å². The Labute approximate surface area is 138 Å². The zero-order valence-electron chi connectivity index (χ0n) is 12.8. The van der Waals surface area contributed by atoms with Gasteiger partial charge in [-0.25, -0.2) is 0 Å². The average Bonchev–Trinajstić information content (AvgIpc) is 3.06. The molecule has 0 spiro atoms. The Morgan fingerprint density at radius 1 is 1.09 bits per heavy atom. The first-order valence-corrected chi connectivity index (χ1v) is 8.78. The van der Waals surface area contributed by atoms with Gasteiger partial charge in [0, 0.05) is 4.88 Å². The molecule has 23 heavy (non-hydrogen) atoms. The Kier molecular flexibility index (Phi) is 4.39. The molecule has 1 aromatic rings. The number of rotatable bonds is 4. The molecule has 2 atom stereocenters. The van der Waals surface area contributed by atoms with Crippen LogP contribution < -0.4 is 11.1 Å². The Morgan fingerprint density at radius 2 is 1.78 bits per heavy atom. The second-order valence-electron chi connectivity index (χ2n) is 6.25. The Morgan fingerprint density at radius 3 is 2.43 bits per heavy atom. The van der Waals surface area contributed by atoms with Gasteiger partial charge in [0.05, 0.1) is 17.4 Å². The van der Waals surface area contributed by atoms with Crippen molar-refractivity contribution < 1.29 is 19.5 Å². The number of anilines is 1. The number of aryl methyl sites for hydroxylation is 1. The van der Waals surface area contributed by atoms with Gasteiger partial charge in [0.2, 0.25) is 5.91 Å². The Hall–Kier alpha value is -1.89. The van der Waals surface area contributed by atoms with Gasteiger partial charge in [0.1, 0.15) is 5.00 Å². The zero-order valence-corrected chi connectivity index (χ0v) is 13.6. The van der Waals surface area contributed by atoms with Crippen molar-refractivity contribution in [3.8, 4) is 0 Å². The summed E-state index contributed by atoms with van der Waals surface area (Å²) in [5.74, 6) is -2.95. The molecule has 0 bridgehead atoms. The Bertz CT molecular complexity index is 667. The maximum absolute atomic E-state index is 12.6. The van der Waals surface area contributed by atoms with Crippen molar-refractivity contribution in [2.45, 2.75) is 44.9 Å². The molecule has 1 fully saturated rings. The summed E-state index contributed by atoms with van der Waals surface area (Å²) in [6, 6.07) is 0. The lowest BCUT2D eigenvalue weighted by Gasteiger charge is -2.27. The molecule has 1 saturated carbocycles. The number of amides is 2. The first kappa shape index (κ1) is 16.0. The smallest absolute Gasteiger partial charge is 0.307 e. The number of nitrogens with two attached hydrogens (primary N) is 1. The van der Waals surface area contributed by atoms with E-state index >= 15 is 0 Å². The van der Waals surface area contributed by atoms with Crippen LogP contribution in [0, 0.1) is 11.8 Å². The molecule has 2 aliphatic rings. The third-order valence-electron chi connectivity index (χ3n) is 4.82. The van der Waals surface area contributed by atoms with E-state index in [1.807, 2.05) is 0 Å². The highest BCUT2D eigenvalue weighted by atomic mass is 32.1. The zero-order chi connectivity index (χ0) is 16.6. The van der Waals surface area contributed by atoms with Crippen LogP contribution in [0.4, 0.5) is 5.00 Å². The number of carboxylic acid groups (broad SMARTS) is 1. The van der Waals surface area contributed by atoms with Crippen molar-refractivity contribution in [1.29, 1.82) is 0 Å². The summed E-state index contributed by atoms with van der Waals surface area (Å²) in [4.78, 5) is 36.8. The first-order chi connectivity index (χ1) is 11.0. The van der Waals surface area contributed by atoms with Crippen LogP contribution in [0.1, 0.15) is 52.9 Å². The second-order valence-corrected chi connectivity index (χ2v) is 7.36. The lowest BCUT2D eigenvalue weighted by Crippen LogP contribution is -2.36. The number of hydrogen-bond acceptors (Lipinski definition) is 4. The molecule has 1 heterocycles. The van der Waals surface area contributed by atoms with Crippen molar-refractivity contribution in [2.24, 2.45) is 17.6 Å². The fraction of sp³-hybridized carbons (Fsp3) is 0.562. The fourth-order valence-electron chi connectivity index (χ4n) is 3.70. The van der Waals surface area contributed by atoms with Crippen molar-refractivity contribution >= 4 is 34.1 Å². The summed E-state index contributed by atoms with van der Waals surface area (Å²) in [7, 11) is 0. The van der Waals surface area contributed by atoms with Gasteiger partial charge < -0.3 is 16.2 Å². The van der Waals surface area contributed by atoms with Crippen molar-refractivity contribution in [2.75, 3.05) is 5.32 Å². The molecule has 0 aliphatic heterocycles. The molecule has 1 aromatic heterocycles. The number of primary amides is 1. The summed E-state index contributed by atoms with van der Waals surface area (Å²) >= 11 is 1.40. The van der Waals surface area contributed by atoms with E-state index in [-0.39, 0.29) is 5.91 Å². The molecular formula is C16H20N2O4S. The number of nitrogens with one attached hydrogen (secondary N) is 1. The van der Waals surface area contributed by atoms with Crippen LogP contribution in [0.5, 0.6) is 0 Å². The van der Waals surface area contributed by atoms with Crippen LogP contribution in [0.25, 0.3) is 0 Å². The summed E-state index contributed by atoms with van der Waals surface area (Å²) in [6.45, 7) is 0. The molecule has 0 aromatic carbocycles. The maximum Gasteiger partial charge on any atom is 0.307 e. The normalized spacial score (nSPS) is 23.3. The minimum atomic E-state index is -0.923. The van der Waals surface area contributed by atoms with Gasteiger partial charge in [-0.15, -0.1) is 11.3 Å². The van der Waals surface area contributed by atoms with Crippen LogP contribution in [0.3, 0.4) is 0 Å². The van der Waals surface area contributed by atoms with Crippen molar-refractivity contribution in [3.05, 3.63) is 16.0 Å². The number of thiophene rings is 1. The predicted octanol–water partition coefficient (Wildman–Crippen LogP) is 2.17. The predicted molar refractivity (Wildman–Crippen MR) is 86.6 cm³/mol. The van der Waals surface area contributed by atoms with Gasteiger partial charge in [-0.3, -0.25) is 14.4 Å². The highest BCUT2D eigenvalue weighted by molar-refractivity contribution is 7.17. The van der Waals surface area contributed by atoms with Crippen LogP contribution >= 0.6 is 11.3 Å². The van der Waals surface area contributed by atoms with Gasteiger partial charge in [-0.2, -0.15) is 0 Å². The van der Waals surface area contributed by atoms with Gasteiger partial charge >= 0.3 is 5.97 Å². The van der Waals surface area contributed by atoms with Gasteiger partial charge in [-0.05, 0) is 37.7 Å². The number of carbonyl (C=O) groups excluding carboxylic acids is 2. The number of aliphatic carboxylic acids is 1. The minimum absolute atomic E-state index is 0.306. The van der Waals surface area contributed by atoms with E-state index in [1.165, 1.54) is 11.3 Å². The highest BCUT2D eigenvalue weighted by Gasteiger charge is 2.36. The summed E-state index contributed by atoms with van der Waals surface area (Å²) < 4.78 is 0. The molecular weight excluding hydrogens is 316 g/mol. The van der Waals surface area contributed by atoms with E-state index in [0.717, 1.165) is 42.5 Å². The quantitative estimate of drug-likeness (QED) is 0.782. The molecule has 2 amide bonds. The topological polar surface area (TPSA) is 109 Å². The molecule has 6 nitrogen and oxygen atoms in total. The third-order valence-corrected chi connectivity index (χ3v) is 6.03. The molecule has 124 valence electrons. The second kappa shape index (κ2) is 6.31. The minimum Gasteiger partial charge on any atom is -0.481 e. The van der Waals surface area contributed by atoms with Crippen molar-refractivity contribution in [1.82, 2.24) is 0 Å². The average molecular weight is 336 g/mol. The monoisotopic (exact) mass is 336 g/mol. The SMILES string of the molecule is NC(=O)c1c(NC(=O)[C@H]2CCCC[C@@H]2C(=O)O)sc2c1CCC2. The first-order valence-electron chi connectivity index (χ1n) is 7.97. The van der Waals surface area contributed by atoms with Crippen LogP contribution in [-0.4, -0.2) is 22.9 Å². The maximum atomic E-state index is 12.6. The van der Waals surface area contributed by atoms with Gasteiger partial charge in [-0.1, -0.05) is 12.8 Å². The molecule has 2 aliphatic carbocycles. The molecule has 7 heteroatoms. The number of fused-ring (bicyclic) bond motifs is 1. The number of carboxylic acids is 1.